The fourth-order valence-corrected chi connectivity index (χ4v) is 6.14. The van der Waals surface area contributed by atoms with E-state index in [1.165, 1.54) is 27.8 Å². The maximum absolute atomic E-state index is 13.2. The van der Waals surface area contributed by atoms with Gasteiger partial charge in [0.05, 0.1) is 16.6 Å². The van der Waals surface area contributed by atoms with Crippen LogP contribution in [0.25, 0.3) is 0 Å². The molecule has 2 heterocycles. The van der Waals surface area contributed by atoms with Crippen molar-refractivity contribution in [3.8, 4) is 0 Å². The number of alkyl halides is 3. The number of carbonyl (C=O) groups excluding carboxylic acids is 1. The van der Waals surface area contributed by atoms with Gasteiger partial charge in [-0.2, -0.15) is 17.9 Å². The maximum Gasteiger partial charge on any atom is 0.391 e. The van der Waals surface area contributed by atoms with Gasteiger partial charge < -0.3 is 15.2 Å². The second-order valence-corrected chi connectivity index (χ2v) is 10.6. The SMILES string of the molecule is Nc1cc(Cl)cc(Cl)c1S(=O)(=O)NC(CCn1ccnc1Cl)C(=O)N1CCC(C(F)(F)F)CC1. The molecule has 1 amide bonds. The van der Waals surface area contributed by atoms with Gasteiger partial charge in [-0.25, -0.2) is 13.4 Å². The summed E-state index contributed by atoms with van der Waals surface area (Å²) < 4.78 is 69.0. The lowest BCUT2D eigenvalue weighted by Crippen LogP contribution is -2.52. The van der Waals surface area contributed by atoms with Crippen molar-refractivity contribution in [1.29, 1.82) is 0 Å². The number of hydrogen-bond acceptors (Lipinski definition) is 5. The highest BCUT2D eigenvalue weighted by Gasteiger charge is 2.42. The van der Waals surface area contributed by atoms with Gasteiger partial charge >= 0.3 is 6.18 Å². The van der Waals surface area contributed by atoms with Crippen molar-refractivity contribution < 1.29 is 26.4 Å². The number of likely N-dealkylation sites (tertiary alicyclic amines) is 1. The molecule has 1 atom stereocenters. The number of hydrogen-bond donors (Lipinski definition) is 2. The van der Waals surface area contributed by atoms with Gasteiger partial charge in [-0.05, 0) is 43.0 Å². The highest BCUT2D eigenvalue weighted by Crippen LogP contribution is 2.35. The van der Waals surface area contributed by atoms with Crippen LogP contribution in [0.2, 0.25) is 15.3 Å². The molecule has 1 fully saturated rings. The van der Waals surface area contributed by atoms with Crippen LogP contribution in [0.5, 0.6) is 0 Å². The Hall–Kier alpha value is -1.73. The summed E-state index contributed by atoms with van der Waals surface area (Å²) in [5.74, 6) is -2.17. The summed E-state index contributed by atoms with van der Waals surface area (Å²) in [6.07, 6.45) is -1.97. The van der Waals surface area contributed by atoms with Gasteiger partial charge in [0.2, 0.25) is 21.2 Å². The van der Waals surface area contributed by atoms with Crippen LogP contribution in [0.3, 0.4) is 0 Å². The lowest BCUT2D eigenvalue weighted by molar-refractivity contribution is -0.186. The van der Waals surface area contributed by atoms with Crippen LogP contribution in [-0.4, -0.2) is 54.1 Å². The predicted octanol–water partition coefficient (Wildman–Crippen LogP) is 3.96. The van der Waals surface area contributed by atoms with Crippen LogP contribution in [0.1, 0.15) is 19.3 Å². The zero-order chi connectivity index (χ0) is 25.3. The Balaban J connectivity index is 1.84. The number of benzene rings is 1. The highest BCUT2D eigenvalue weighted by molar-refractivity contribution is 7.89. The van der Waals surface area contributed by atoms with Crippen LogP contribution in [-0.2, 0) is 21.4 Å². The molecule has 0 bridgehead atoms. The number of piperidine rings is 1. The fraction of sp³-hybridized carbons (Fsp3) is 0.474. The van der Waals surface area contributed by atoms with Gasteiger partial charge in [0, 0.05) is 37.1 Å². The molecule has 0 radical (unpaired) electrons. The maximum atomic E-state index is 13.2. The normalized spacial score (nSPS) is 16.6. The second-order valence-electron chi connectivity index (χ2n) is 7.80. The standard InChI is InChI=1S/C19H21Cl3F3N5O3S/c20-12-9-13(21)16(14(26)10-12)34(32,33)28-15(3-7-30-8-4-27-18(30)22)17(31)29-5-1-11(2-6-29)19(23,24)25/h4,8-11,15,28H,1-3,5-7,26H2. The van der Waals surface area contributed by atoms with Crippen molar-refractivity contribution in [3.63, 3.8) is 0 Å². The number of rotatable bonds is 7. The van der Waals surface area contributed by atoms with Gasteiger partial charge in [-0.15, -0.1) is 0 Å². The summed E-state index contributed by atoms with van der Waals surface area (Å²) in [5, 5.41) is 0.00810. The molecule has 3 rings (SSSR count). The lowest BCUT2D eigenvalue weighted by Gasteiger charge is -2.35. The molecule has 8 nitrogen and oxygen atoms in total. The number of nitrogens with zero attached hydrogens (tertiary/aromatic N) is 3. The monoisotopic (exact) mass is 561 g/mol. The fourth-order valence-electron chi connectivity index (χ4n) is 3.74. The van der Waals surface area contributed by atoms with E-state index in [9.17, 15) is 26.4 Å². The first kappa shape index (κ1) is 26.9. The van der Waals surface area contributed by atoms with Crippen molar-refractivity contribution in [2.24, 2.45) is 5.92 Å². The number of carbonyl (C=O) groups is 1. The van der Waals surface area contributed by atoms with E-state index in [2.05, 4.69) is 9.71 Å². The molecule has 34 heavy (non-hydrogen) atoms. The Kier molecular flexibility index (Phi) is 8.29. The molecule has 2 aromatic rings. The number of anilines is 1. The van der Waals surface area contributed by atoms with E-state index in [1.807, 2.05) is 0 Å². The number of aryl methyl sites for hydroxylation is 1. The number of amides is 1. The first-order valence-corrected chi connectivity index (χ1v) is 12.7. The highest BCUT2D eigenvalue weighted by atomic mass is 35.5. The second kappa shape index (κ2) is 10.5. The molecular weight excluding hydrogens is 542 g/mol. The molecule has 1 aromatic carbocycles. The molecule has 1 saturated heterocycles. The van der Waals surface area contributed by atoms with Gasteiger partial charge in [-0.3, -0.25) is 4.79 Å². The van der Waals surface area contributed by atoms with Crippen LogP contribution >= 0.6 is 34.8 Å². The molecule has 1 aromatic heterocycles. The first-order chi connectivity index (χ1) is 15.8. The molecule has 188 valence electrons. The number of imidazole rings is 1. The topological polar surface area (TPSA) is 110 Å². The van der Waals surface area contributed by atoms with Crippen LogP contribution in [0.15, 0.2) is 29.4 Å². The summed E-state index contributed by atoms with van der Waals surface area (Å²) in [7, 11) is -4.41. The molecule has 0 spiro atoms. The predicted molar refractivity (Wildman–Crippen MR) is 122 cm³/mol. The number of halogens is 6. The van der Waals surface area contributed by atoms with Crippen molar-refractivity contribution in [2.45, 2.75) is 42.9 Å². The lowest BCUT2D eigenvalue weighted by atomic mass is 9.95. The average molecular weight is 563 g/mol. The summed E-state index contributed by atoms with van der Waals surface area (Å²) in [4.78, 5) is 17.8. The van der Waals surface area contributed by atoms with E-state index in [4.69, 9.17) is 40.5 Å². The molecule has 1 aliphatic heterocycles. The third-order valence-corrected chi connectivity index (χ3v) is 8.03. The van der Waals surface area contributed by atoms with E-state index < -0.39 is 39.0 Å². The van der Waals surface area contributed by atoms with E-state index in [0.717, 1.165) is 0 Å². The Morgan fingerprint density at radius 3 is 2.41 bits per heavy atom. The van der Waals surface area contributed by atoms with Gasteiger partial charge in [0.1, 0.15) is 10.9 Å². The molecule has 0 saturated carbocycles. The Morgan fingerprint density at radius 2 is 1.88 bits per heavy atom. The van der Waals surface area contributed by atoms with E-state index in [0.29, 0.717) is 0 Å². The zero-order valence-electron chi connectivity index (χ0n) is 17.5. The van der Waals surface area contributed by atoms with E-state index >= 15 is 0 Å². The molecule has 1 unspecified atom stereocenters. The minimum atomic E-state index is -4.41. The van der Waals surface area contributed by atoms with Crippen molar-refractivity contribution in [3.05, 3.63) is 39.9 Å². The van der Waals surface area contributed by atoms with Crippen molar-refractivity contribution >= 4 is 56.4 Å². The van der Waals surface area contributed by atoms with Crippen LogP contribution in [0, 0.1) is 5.92 Å². The third kappa shape index (κ3) is 6.28. The number of sulfonamides is 1. The average Bonchev–Trinajstić information content (AvgIpc) is 3.13. The molecular formula is C19H21Cl3F3N5O3S. The van der Waals surface area contributed by atoms with Gasteiger partial charge in [0.15, 0.2) is 0 Å². The zero-order valence-corrected chi connectivity index (χ0v) is 20.6. The number of nitrogen functional groups attached to an aromatic ring is 1. The van der Waals surface area contributed by atoms with Gasteiger partial charge in [0.25, 0.3) is 0 Å². The van der Waals surface area contributed by atoms with Crippen molar-refractivity contribution in [1.82, 2.24) is 19.2 Å². The molecule has 0 aliphatic carbocycles. The van der Waals surface area contributed by atoms with Gasteiger partial charge in [-0.1, -0.05) is 23.2 Å². The van der Waals surface area contributed by atoms with Crippen LogP contribution < -0.4 is 10.5 Å². The number of nitrogens with one attached hydrogen (secondary N) is 1. The molecule has 1 aliphatic rings. The summed E-state index contributed by atoms with van der Waals surface area (Å²) in [5.41, 5.74) is 5.59. The number of nitrogens with two attached hydrogens (primary N) is 1. The Labute approximate surface area is 209 Å². The van der Waals surface area contributed by atoms with Crippen molar-refractivity contribution in [2.75, 3.05) is 18.8 Å². The quantitative estimate of drug-likeness (QED) is 0.497. The van der Waals surface area contributed by atoms with E-state index in [1.54, 1.807) is 6.20 Å². The Bertz CT molecular complexity index is 1130. The Morgan fingerprint density at radius 1 is 1.24 bits per heavy atom. The minimum Gasteiger partial charge on any atom is -0.398 e. The minimum absolute atomic E-state index is 0.0571. The first-order valence-electron chi connectivity index (χ1n) is 10.1. The summed E-state index contributed by atoms with van der Waals surface area (Å²) in [6, 6.07) is 1.07. The smallest absolute Gasteiger partial charge is 0.391 e. The van der Waals surface area contributed by atoms with E-state index in [-0.39, 0.29) is 59.9 Å². The van der Waals surface area contributed by atoms with Crippen LogP contribution in [0.4, 0.5) is 18.9 Å². The third-order valence-electron chi connectivity index (χ3n) is 5.49. The largest absolute Gasteiger partial charge is 0.398 e. The number of aromatic nitrogens is 2. The molecule has 3 N–H and O–H groups in total. The summed E-state index contributed by atoms with van der Waals surface area (Å²) >= 11 is 17.9. The molecule has 15 heteroatoms. The summed E-state index contributed by atoms with van der Waals surface area (Å²) in [6.45, 7) is -0.200.